The highest BCUT2D eigenvalue weighted by atomic mass is 19.3. The van der Waals surface area contributed by atoms with Crippen molar-refractivity contribution < 1.29 is 30.7 Å². The molecule has 1 atom stereocenters. The van der Waals surface area contributed by atoms with Crippen LogP contribution >= 0.6 is 0 Å². The van der Waals surface area contributed by atoms with E-state index >= 15 is 0 Å². The van der Waals surface area contributed by atoms with Crippen molar-refractivity contribution in [3.8, 4) is 0 Å². The summed E-state index contributed by atoms with van der Waals surface area (Å²) in [4.78, 5) is 0. The predicted molar refractivity (Wildman–Crippen MR) is 35.6 cm³/mol. The van der Waals surface area contributed by atoms with Gasteiger partial charge in [0.15, 0.2) is 6.17 Å². The van der Waals surface area contributed by atoms with E-state index < -0.39 is 36.9 Å². The second-order valence-electron chi connectivity index (χ2n) is 2.54. The summed E-state index contributed by atoms with van der Waals surface area (Å²) >= 11 is 0. The summed E-state index contributed by atoms with van der Waals surface area (Å²) in [5, 5.41) is 0. The minimum absolute atomic E-state index is 0.467. The molecule has 0 saturated carbocycles. The molecule has 7 heteroatoms. The SMILES string of the molecule is C=CC(F)(F)C(F)(F)C(F)CC(F)F. The molecule has 0 amide bonds. The lowest BCUT2D eigenvalue weighted by molar-refractivity contribution is -0.218. The molecule has 0 aliphatic rings. The fraction of sp³-hybridized carbons (Fsp3) is 0.714. The van der Waals surface area contributed by atoms with Crippen LogP contribution in [0.3, 0.4) is 0 Å². The van der Waals surface area contributed by atoms with E-state index in [0.717, 1.165) is 0 Å². The Morgan fingerprint density at radius 1 is 1.07 bits per heavy atom. The lowest BCUT2D eigenvalue weighted by atomic mass is 10.0. The first kappa shape index (κ1) is 13.2. The fourth-order valence-electron chi connectivity index (χ4n) is 0.649. The Hall–Kier alpha value is -0.750. The lowest BCUT2D eigenvalue weighted by Crippen LogP contribution is -2.47. The van der Waals surface area contributed by atoms with Crippen LogP contribution in [-0.2, 0) is 0 Å². The van der Waals surface area contributed by atoms with Crippen LogP contribution < -0.4 is 0 Å². The molecule has 0 aromatic heterocycles. The van der Waals surface area contributed by atoms with Gasteiger partial charge in [-0.05, 0) is 6.08 Å². The molecule has 1 unspecified atom stereocenters. The van der Waals surface area contributed by atoms with Crippen LogP contribution in [-0.4, -0.2) is 24.4 Å². The van der Waals surface area contributed by atoms with E-state index in [1.54, 1.807) is 0 Å². The molecule has 14 heavy (non-hydrogen) atoms. The van der Waals surface area contributed by atoms with Gasteiger partial charge in [-0.1, -0.05) is 6.58 Å². The highest BCUT2D eigenvalue weighted by molar-refractivity contribution is 5.02. The van der Waals surface area contributed by atoms with Gasteiger partial charge in [0, 0.05) is 6.42 Å². The Labute approximate surface area is 75.4 Å². The van der Waals surface area contributed by atoms with E-state index in [1.807, 2.05) is 0 Å². The van der Waals surface area contributed by atoms with E-state index in [-0.39, 0.29) is 0 Å². The molecule has 0 rings (SSSR count). The first-order valence-electron chi connectivity index (χ1n) is 3.46. The number of hydrogen-bond donors (Lipinski definition) is 0. The predicted octanol–water partition coefficient (Wildman–Crippen LogP) is 3.44. The Kier molecular flexibility index (Phi) is 3.96. The number of alkyl halides is 7. The minimum Gasteiger partial charge on any atom is -0.240 e. The van der Waals surface area contributed by atoms with Crippen LogP contribution in [0.15, 0.2) is 12.7 Å². The summed E-state index contributed by atoms with van der Waals surface area (Å²) in [6.07, 6.45) is -9.41. The smallest absolute Gasteiger partial charge is 0.240 e. The van der Waals surface area contributed by atoms with Gasteiger partial charge in [-0.3, -0.25) is 0 Å². The maximum Gasteiger partial charge on any atom is 0.344 e. The van der Waals surface area contributed by atoms with E-state index in [4.69, 9.17) is 0 Å². The van der Waals surface area contributed by atoms with Gasteiger partial charge >= 0.3 is 11.8 Å². The van der Waals surface area contributed by atoms with E-state index in [9.17, 15) is 30.7 Å². The summed E-state index contributed by atoms with van der Waals surface area (Å²) in [7, 11) is 0. The van der Waals surface area contributed by atoms with Crippen molar-refractivity contribution >= 4 is 0 Å². The lowest BCUT2D eigenvalue weighted by Gasteiger charge is -2.26. The highest BCUT2D eigenvalue weighted by Gasteiger charge is 2.60. The second-order valence-corrected chi connectivity index (χ2v) is 2.54. The Bertz CT molecular complexity index is 198. The van der Waals surface area contributed by atoms with E-state index in [0.29, 0.717) is 0 Å². The molecule has 0 bridgehead atoms. The normalized spacial score (nSPS) is 15.7. The van der Waals surface area contributed by atoms with Crippen molar-refractivity contribution in [2.45, 2.75) is 30.9 Å². The maximum absolute atomic E-state index is 12.4. The standard InChI is InChI=1S/C7H7F7/c1-2-6(11,12)7(13,14)4(8)3-5(9)10/h2,4-5H,1,3H2. The molecule has 0 heterocycles. The number of rotatable bonds is 5. The third kappa shape index (κ3) is 2.62. The van der Waals surface area contributed by atoms with Gasteiger partial charge in [0.25, 0.3) is 0 Å². The molecule has 0 spiro atoms. The molecule has 0 fully saturated rings. The summed E-state index contributed by atoms with van der Waals surface area (Å²) in [5.74, 6) is -9.99. The van der Waals surface area contributed by atoms with Gasteiger partial charge in [0.1, 0.15) is 0 Å². The molecule has 0 N–H and O–H groups in total. The van der Waals surface area contributed by atoms with Crippen LogP contribution in [0.25, 0.3) is 0 Å². The number of hydrogen-bond acceptors (Lipinski definition) is 0. The van der Waals surface area contributed by atoms with Crippen LogP contribution in [0.5, 0.6) is 0 Å². The van der Waals surface area contributed by atoms with Crippen LogP contribution in [0.1, 0.15) is 6.42 Å². The Balaban J connectivity index is 4.67. The molecular weight excluding hydrogens is 217 g/mol. The van der Waals surface area contributed by atoms with Gasteiger partial charge < -0.3 is 0 Å². The van der Waals surface area contributed by atoms with Crippen LogP contribution in [0.2, 0.25) is 0 Å². The van der Waals surface area contributed by atoms with Gasteiger partial charge in [-0.2, -0.15) is 17.6 Å². The zero-order valence-electron chi connectivity index (χ0n) is 6.79. The summed E-state index contributed by atoms with van der Waals surface area (Å²) in [6.45, 7) is 2.38. The van der Waals surface area contributed by atoms with Crippen LogP contribution in [0, 0.1) is 0 Å². The molecule has 0 saturated heterocycles. The largest absolute Gasteiger partial charge is 0.344 e. The number of halogens is 7. The monoisotopic (exact) mass is 224 g/mol. The quantitative estimate of drug-likeness (QED) is 0.495. The van der Waals surface area contributed by atoms with Crippen LogP contribution in [0.4, 0.5) is 30.7 Å². The summed E-state index contributed by atoms with van der Waals surface area (Å²) in [6, 6.07) is 0. The van der Waals surface area contributed by atoms with E-state index in [1.165, 1.54) is 0 Å². The molecule has 0 aliphatic heterocycles. The molecule has 0 nitrogen and oxygen atoms in total. The van der Waals surface area contributed by atoms with Gasteiger partial charge in [0.05, 0.1) is 0 Å². The van der Waals surface area contributed by atoms with Crippen molar-refractivity contribution in [2.24, 2.45) is 0 Å². The van der Waals surface area contributed by atoms with Crippen molar-refractivity contribution in [1.29, 1.82) is 0 Å². The molecule has 84 valence electrons. The van der Waals surface area contributed by atoms with E-state index in [2.05, 4.69) is 6.58 Å². The van der Waals surface area contributed by atoms with Crippen molar-refractivity contribution in [1.82, 2.24) is 0 Å². The molecule has 0 aromatic carbocycles. The average molecular weight is 224 g/mol. The topological polar surface area (TPSA) is 0 Å². The van der Waals surface area contributed by atoms with Gasteiger partial charge in [-0.25, -0.2) is 13.2 Å². The summed E-state index contributed by atoms with van der Waals surface area (Å²) < 4.78 is 84.7. The minimum atomic E-state index is -5.16. The Morgan fingerprint density at radius 2 is 1.50 bits per heavy atom. The zero-order chi connectivity index (χ0) is 11.6. The van der Waals surface area contributed by atoms with Crippen molar-refractivity contribution in [2.75, 3.05) is 0 Å². The van der Waals surface area contributed by atoms with Gasteiger partial charge in [0.2, 0.25) is 6.43 Å². The van der Waals surface area contributed by atoms with Crippen molar-refractivity contribution in [3.05, 3.63) is 12.7 Å². The fourth-order valence-corrected chi connectivity index (χ4v) is 0.649. The average Bonchev–Trinajstić information content (AvgIpc) is 2.02. The molecule has 0 aromatic rings. The maximum atomic E-state index is 12.4. The molecular formula is C7H7F7. The van der Waals surface area contributed by atoms with Gasteiger partial charge in [-0.15, -0.1) is 0 Å². The number of allylic oxidation sites excluding steroid dienone is 1. The molecule has 0 aliphatic carbocycles. The second kappa shape index (κ2) is 4.18. The molecule has 0 radical (unpaired) electrons. The van der Waals surface area contributed by atoms with Crippen molar-refractivity contribution in [3.63, 3.8) is 0 Å². The first-order chi connectivity index (χ1) is 6.15. The summed E-state index contributed by atoms with van der Waals surface area (Å²) in [5.41, 5.74) is 0. The highest BCUT2D eigenvalue weighted by Crippen LogP contribution is 2.40. The zero-order valence-corrected chi connectivity index (χ0v) is 6.79. The third-order valence-corrected chi connectivity index (χ3v) is 1.48. The Morgan fingerprint density at radius 3 is 1.79 bits per heavy atom. The first-order valence-corrected chi connectivity index (χ1v) is 3.46. The third-order valence-electron chi connectivity index (χ3n) is 1.48.